The van der Waals surface area contributed by atoms with Gasteiger partial charge in [0.05, 0.1) is 27.8 Å². The lowest BCUT2D eigenvalue weighted by Crippen LogP contribution is -1.97. The Morgan fingerprint density at radius 2 is 0.889 bits per heavy atom. The molecule has 45 heavy (non-hydrogen) atoms. The molecule has 0 atom stereocenters. The number of nitrogens with zero attached hydrogens (tertiary/aromatic N) is 2. The SMILES string of the molecule is c1ccc(-n2c3ccccc3c3cc4c(cc32)c2ccccc2n4-c2ccc3oc4cccc5c6ccccc6c2c3c45)cc1. The standard InChI is InChI=1S/C42H24N2O/c1-2-11-25(12-3-1)43-33-18-8-6-14-27(33)31-24-37-32(23-36(31)43)28-15-7-9-19-34(28)44(37)35-21-22-39-42-40(35)29-16-5-4-13-26(29)30-17-10-20-38(45-39)41(30)42/h1-24H. The average molecular weight is 573 g/mol. The lowest BCUT2D eigenvalue weighted by atomic mass is 9.93. The van der Waals surface area contributed by atoms with Crippen molar-refractivity contribution in [2.75, 3.05) is 0 Å². The van der Waals surface area contributed by atoms with Crippen molar-refractivity contribution in [3.8, 4) is 11.4 Å². The topological polar surface area (TPSA) is 23.0 Å². The van der Waals surface area contributed by atoms with Crippen LogP contribution in [0.4, 0.5) is 0 Å². The van der Waals surface area contributed by atoms with Crippen LogP contribution in [0, 0.1) is 0 Å². The van der Waals surface area contributed by atoms with E-state index in [1.165, 1.54) is 87.3 Å². The predicted molar refractivity (Wildman–Crippen MR) is 189 cm³/mol. The second-order valence-electron chi connectivity index (χ2n) is 12.1. The van der Waals surface area contributed by atoms with Crippen molar-refractivity contribution in [3.05, 3.63) is 146 Å². The molecule has 0 unspecified atom stereocenters. The lowest BCUT2D eigenvalue weighted by molar-refractivity contribution is 0.669. The van der Waals surface area contributed by atoms with Gasteiger partial charge >= 0.3 is 0 Å². The molecule has 0 aliphatic heterocycles. The van der Waals surface area contributed by atoms with E-state index in [2.05, 4.69) is 155 Å². The summed E-state index contributed by atoms with van der Waals surface area (Å²) in [5.74, 6) is 0. The maximum atomic E-state index is 6.47. The summed E-state index contributed by atoms with van der Waals surface area (Å²) in [4.78, 5) is 0. The number of para-hydroxylation sites is 3. The van der Waals surface area contributed by atoms with E-state index >= 15 is 0 Å². The quantitative estimate of drug-likeness (QED) is 0.189. The van der Waals surface area contributed by atoms with E-state index in [0.717, 1.165) is 11.2 Å². The zero-order valence-electron chi connectivity index (χ0n) is 24.2. The van der Waals surface area contributed by atoms with Crippen LogP contribution in [0.25, 0.3) is 98.5 Å². The fourth-order valence-electron chi connectivity index (χ4n) is 8.06. The van der Waals surface area contributed by atoms with Gasteiger partial charge in [-0.15, -0.1) is 0 Å². The van der Waals surface area contributed by atoms with Crippen LogP contribution in [0.1, 0.15) is 0 Å². The van der Waals surface area contributed by atoms with Crippen LogP contribution in [0.2, 0.25) is 0 Å². The van der Waals surface area contributed by atoms with Gasteiger partial charge in [-0.05, 0) is 70.8 Å². The summed E-state index contributed by atoms with van der Waals surface area (Å²) in [5, 5.41) is 12.4. The number of furan rings is 1. The Balaban J connectivity index is 1.36. The average Bonchev–Trinajstić information content (AvgIpc) is 3.75. The summed E-state index contributed by atoms with van der Waals surface area (Å²) in [6, 6.07) is 52.8. The van der Waals surface area contributed by atoms with Crippen molar-refractivity contribution in [1.82, 2.24) is 9.13 Å². The van der Waals surface area contributed by atoms with Gasteiger partial charge in [-0.1, -0.05) is 91.0 Å². The summed E-state index contributed by atoms with van der Waals surface area (Å²) in [5.41, 5.74) is 9.03. The number of aromatic nitrogens is 2. The van der Waals surface area contributed by atoms with Gasteiger partial charge in [0.15, 0.2) is 0 Å². The molecule has 0 fully saturated rings. The number of benzene rings is 8. The maximum Gasteiger partial charge on any atom is 0.136 e. The van der Waals surface area contributed by atoms with Gasteiger partial charge in [-0.25, -0.2) is 0 Å². The molecule has 0 spiro atoms. The van der Waals surface area contributed by atoms with Gasteiger partial charge in [0.25, 0.3) is 0 Å². The molecule has 0 N–H and O–H groups in total. The van der Waals surface area contributed by atoms with Crippen LogP contribution in [0.3, 0.4) is 0 Å². The Labute approximate surface area is 257 Å². The van der Waals surface area contributed by atoms with E-state index in [0.29, 0.717) is 0 Å². The molecule has 0 bridgehead atoms. The molecule has 8 aromatic carbocycles. The Morgan fingerprint density at radius 1 is 0.333 bits per heavy atom. The maximum absolute atomic E-state index is 6.47. The van der Waals surface area contributed by atoms with Crippen LogP contribution in [0.5, 0.6) is 0 Å². The van der Waals surface area contributed by atoms with E-state index in [1.54, 1.807) is 0 Å². The number of hydrogen-bond donors (Lipinski definition) is 0. The third-order valence-electron chi connectivity index (χ3n) is 9.85. The molecule has 3 heteroatoms. The van der Waals surface area contributed by atoms with E-state index in [-0.39, 0.29) is 0 Å². The predicted octanol–water partition coefficient (Wildman–Crippen LogP) is 11.5. The highest BCUT2D eigenvalue weighted by Crippen LogP contribution is 2.47. The van der Waals surface area contributed by atoms with Gasteiger partial charge in [-0.2, -0.15) is 0 Å². The monoisotopic (exact) mass is 572 g/mol. The Morgan fingerprint density at radius 3 is 1.64 bits per heavy atom. The third-order valence-corrected chi connectivity index (χ3v) is 9.85. The Hall–Kier alpha value is -6.06. The van der Waals surface area contributed by atoms with Crippen molar-refractivity contribution in [2.24, 2.45) is 0 Å². The van der Waals surface area contributed by atoms with Gasteiger partial charge in [0, 0.05) is 43.4 Å². The van der Waals surface area contributed by atoms with Crippen molar-refractivity contribution in [3.63, 3.8) is 0 Å². The Bertz CT molecular complexity index is 2970. The molecule has 11 aromatic rings. The molecule has 0 saturated heterocycles. The molecular formula is C42H24N2O. The lowest BCUT2D eigenvalue weighted by Gasteiger charge is -2.15. The van der Waals surface area contributed by atoms with Crippen molar-refractivity contribution >= 4 is 87.1 Å². The summed E-state index contributed by atoms with van der Waals surface area (Å²) in [6.45, 7) is 0. The molecular weight excluding hydrogens is 548 g/mol. The number of rotatable bonds is 2. The molecule has 0 aliphatic rings. The minimum atomic E-state index is 0.930. The van der Waals surface area contributed by atoms with E-state index in [4.69, 9.17) is 4.42 Å². The molecule has 3 heterocycles. The molecule has 0 aliphatic carbocycles. The molecule has 3 nitrogen and oxygen atoms in total. The van der Waals surface area contributed by atoms with E-state index < -0.39 is 0 Å². The van der Waals surface area contributed by atoms with Gasteiger partial charge in [0.1, 0.15) is 11.2 Å². The molecule has 0 radical (unpaired) electrons. The van der Waals surface area contributed by atoms with Gasteiger partial charge in [-0.3, -0.25) is 0 Å². The first kappa shape index (κ1) is 23.4. The van der Waals surface area contributed by atoms with Crippen LogP contribution in [0.15, 0.2) is 150 Å². The highest BCUT2D eigenvalue weighted by molar-refractivity contribution is 6.35. The first-order chi connectivity index (χ1) is 22.3. The molecule has 0 amide bonds. The summed E-state index contributed by atoms with van der Waals surface area (Å²) >= 11 is 0. The molecule has 208 valence electrons. The second kappa shape index (κ2) is 8.31. The van der Waals surface area contributed by atoms with E-state index in [1.807, 2.05) is 0 Å². The highest BCUT2D eigenvalue weighted by atomic mass is 16.3. The van der Waals surface area contributed by atoms with Crippen LogP contribution < -0.4 is 0 Å². The van der Waals surface area contributed by atoms with Crippen molar-refractivity contribution < 1.29 is 4.42 Å². The smallest absolute Gasteiger partial charge is 0.136 e. The van der Waals surface area contributed by atoms with Gasteiger partial charge in [0.2, 0.25) is 0 Å². The largest absolute Gasteiger partial charge is 0.456 e. The molecule has 11 rings (SSSR count). The highest BCUT2D eigenvalue weighted by Gasteiger charge is 2.23. The number of fused-ring (bicyclic) bond motifs is 9. The van der Waals surface area contributed by atoms with Crippen LogP contribution >= 0.6 is 0 Å². The Kier molecular flexibility index (Phi) is 4.32. The zero-order valence-corrected chi connectivity index (χ0v) is 24.2. The van der Waals surface area contributed by atoms with Crippen molar-refractivity contribution in [1.29, 1.82) is 0 Å². The van der Waals surface area contributed by atoms with E-state index in [9.17, 15) is 0 Å². The first-order valence-corrected chi connectivity index (χ1v) is 15.5. The zero-order chi connectivity index (χ0) is 29.2. The number of hydrogen-bond acceptors (Lipinski definition) is 1. The fraction of sp³-hybridized carbons (Fsp3) is 0. The molecule has 0 saturated carbocycles. The van der Waals surface area contributed by atoms with Gasteiger partial charge < -0.3 is 13.6 Å². The fourth-order valence-corrected chi connectivity index (χ4v) is 8.06. The minimum Gasteiger partial charge on any atom is -0.456 e. The van der Waals surface area contributed by atoms with Crippen LogP contribution in [-0.4, -0.2) is 9.13 Å². The summed E-state index contributed by atoms with van der Waals surface area (Å²) < 4.78 is 11.4. The minimum absolute atomic E-state index is 0.930. The summed E-state index contributed by atoms with van der Waals surface area (Å²) in [6.07, 6.45) is 0. The van der Waals surface area contributed by atoms with Crippen molar-refractivity contribution in [2.45, 2.75) is 0 Å². The normalized spacial score (nSPS) is 12.4. The third kappa shape index (κ3) is 2.90. The second-order valence-corrected chi connectivity index (χ2v) is 12.1. The van der Waals surface area contributed by atoms with Crippen LogP contribution in [-0.2, 0) is 0 Å². The molecule has 3 aromatic heterocycles. The first-order valence-electron chi connectivity index (χ1n) is 15.5. The summed E-state index contributed by atoms with van der Waals surface area (Å²) in [7, 11) is 0.